The molecule has 0 aliphatic heterocycles. The molecule has 1 aromatic rings. The first-order chi connectivity index (χ1) is 8.29. The predicted molar refractivity (Wildman–Crippen MR) is 73.1 cm³/mol. The Kier molecular flexibility index (Phi) is 4.73. The molecule has 0 fully saturated rings. The van der Waals surface area contributed by atoms with Crippen molar-refractivity contribution in [1.29, 1.82) is 0 Å². The number of ether oxygens (including phenoxy) is 1. The van der Waals surface area contributed by atoms with Crippen molar-refractivity contribution in [3.8, 4) is 0 Å². The van der Waals surface area contributed by atoms with Crippen molar-refractivity contribution < 1.29 is 9.53 Å². The molecule has 0 aromatic heterocycles. The van der Waals surface area contributed by atoms with Gasteiger partial charge >= 0.3 is 0 Å². The Labute approximate surface area is 109 Å². The second kappa shape index (κ2) is 5.87. The molecule has 1 amide bonds. The predicted octanol–water partition coefficient (Wildman–Crippen LogP) is 2.26. The number of nitrogens with one attached hydrogen (secondary N) is 1. The summed E-state index contributed by atoms with van der Waals surface area (Å²) in [5, 5.41) is 2.87. The second-order valence-corrected chi connectivity index (χ2v) is 5.32. The molecule has 4 nitrogen and oxygen atoms in total. The molecule has 1 rings (SSSR count). The molecule has 0 radical (unpaired) electrons. The van der Waals surface area contributed by atoms with Gasteiger partial charge in [0.2, 0.25) is 5.91 Å². The van der Waals surface area contributed by atoms with Gasteiger partial charge in [0, 0.05) is 5.69 Å². The maximum absolute atomic E-state index is 11.7. The molecule has 3 N–H and O–H groups in total. The summed E-state index contributed by atoms with van der Waals surface area (Å²) < 4.78 is 5.41. The summed E-state index contributed by atoms with van der Waals surface area (Å²) in [6.45, 7) is 7.71. The Morgan fingerprint density at radius 1 is 1.39 bits per heavy atom. The first-order valence-electron chi connectivity index (χ1n) is 6.07. The van der Waals surface area contributed by atoms with E-state index in [1.54, 1.807) is 0 Å². The molecule has 4 heteroatoms. The number of hydrogen-bond acceptors (Lipinski definition) is 3. The van der Waals surface area contributed by atoms with Crippen LogP contribution in [0.25, 0.3) is 0 Å². The standard InChI is InChI=1S/C14H22N2O2/c1-10(11-7-5-6-8-12(11)15)16-13(17)9-18-14(2,3)4/h5-8,10H,9,15H2,1-4H3,(H,16,17). The highest BCUT2D eigenvalue weighted by Gasteiger charge is 2.15. The molecule has 1 unspecified atom stereocenters. The summed E-state index contributed by atoms with van der Waals surface area (Å²) >= 11 is 0. The van der Waals surface area contributed by atoms with E-state index < -0.39 is 0 Å². The molecular formula is C14H22N2O2. The average Bonchev–Trinajstić information content (AvgIpc) is 2.26. The minimum absolute atomic E-state index is 0.0561. The van der Waals surface area contributed by atoms with Gasteiger partial charge in [-0.15, -0.1) is 0 Å². The number of rotatable bonds is 4. The van der Waals surface area contributed by atoms with Crippen LogP contribution in [-0.4, -0.2) is 18.1 Å². The van der Waals surface area contributed by atoms with Crippen LogP contribution in [0, 0.1) is 0 Å². The number of nitrogen functional groups attached to an aromatic ring is 1. The van der Waals surface area contributed by atoms with Gasteiger partial charge in [-0.05, 0) is 39.3 Å². The van der Waals surface area contributed by atoms with E-state index >= 15 is 0 Å². The van der Waals surface area contributed by atoms with Gasteiger partial charge in [-0.3, -0.25) is 4.79 Å². The molecule has 0 saturated heterocycles. The molecule has 0 saturated carbocycles. The Bertz CT molecular complexity index is 411. The van der Waals surface area contributed by atoms with Crippen molar-refractivity contribution in [3.63, 3.8) is 0 Å². The van der Waals surface area contributed by atoms with Crippen LogP contribution in [-0.2, 0) is 9.53 Å². The zero-order chi connectivity index (χ0) is 13.8. The molecular weight excluding hydrogens is 228 g/mol. The van der Waals surface area contributed by atoms with Gasteiger partial charge in [-0.2, -0.15) is 0 Å². The number of nitrogens with two attached hydrogens (primary N) is 1. The van der Waals surface area contributed by atoms with Crippen molar-refractivity contribution in [1.82, 2.24) is 5.32 Å². The van der Waals surface area contributed by atoms with Crippen molar-refractivity contribution in [2.24, 2.45) is 0 Å². The number of anilines is 1. The molecule has 0 spiro atoms. The van der Waals surface area contributed by atoms with Gasteiger partial charge < -0.3 is 15.8 Å². The van der Waals surface area contributed by atoms with Gasteiger partial charge in [-0.25, -0.2) is 0 Å². The minimum atomic E-state index is -0.313. The van der Waals surface area contributed by atoms with Crippen LogP contribution in [0.15, 0.2) is 24.3 Å². The summed E-state index contributed by atoms with van der Waals surface area (Å²) in [5.41, 5.74) is 7.15. The van der Waals surface area contributed by atoms with Crippen LogP contribution in [0.3, 0.4) is 0 Å². The Hall–Kier alpha value is -1.55. The normalized spacial score (nSPS) is 13.1. The zero-order valence-corrected chi connectivity index (χ0v) is 11.5. The van der Waals surface area contributed by atoms with Gasteiger partial charge in [0.1, 0.15) is 6.61 Å². The van der Waals surface area contributed by atoms with Crippen LogP contribution in [0.2, 0.25) is 0 Å². The van der Waals surface area contributed by atoms with Crippen LogP contribution >= 0.6 is 0 Å². The number of amides is 1. The van der Waals surface area contributed by atoms with Gasteiger partial charge in [-0.1, -0.05) is 18.2 Å². The fourth-order valence-corrected chi connectivity index (χ4v) is 1.55. The highest BCUT2D eigenvalue weighted by atomic mass is 16.5. The summed E-state index contributed by atoms with van der Waals surface area (Å²) in [6.07, 6.45) is 0. The Balaban J connectivity index is 2.53. The first-order valence-corrected chi connectivity index (χ1v) is 6.07. The quantitative estimate of drug-likeness (QED) is 0.806. The van der Waals surface area contributed by atoms with Crippen LogP contribution in [0.5, 0.6) is 0 Å². The van der Waals surface area contributed by atoms with Gasteiger partial charge in [0.25, 0.3) is 0 Å². The molecule has 0 aliphatic rings. The summed E-state index contributed by atoms with van der Waals surface area (Å²) in [7, 11) is 0. The lowest BCUT2D eigenvalue weighted by Crippen LogP contribution is -2.33. The van der Waals surface area contributed by atoms with Crippen LogP contribution in [0.1, 0.15) is 39.3 Å². The highest BCUT2D eigenvalue weighted by Crippen LogP contribution is 2.19. The van der Waals surface area contributed by atoms with E-state index in [-0.39, 0.29) is 24.2 Å². The van der Waals surface area contributed by atoms with Crippen LogP contribution < -0.4 is 11.1 Å². The third kappa shape index (κ3) is 4.75. The molecule has 0 bridgehead atoms. The van der Waals surface area contributed by atoms with Crippen LogP contribution in [0.4, 0.5) is 5.69 Å². The number of carbonyl (C=O) groups is 1. The maximum Gasteiger partial charge on any atom is 0.246 e. The number of hydrogen-bond donors (Lipinski definition) is 2. The van der Waals surface area contributed by atoms with E-state index in [0.717, 1.165) is 5.56 Å². The molecule has 1 atom stereocenters. The molecule has 0 heterocycles. The topological polar surface area (TPSA) is 64.3 Å². The molecule has 18 heavy (non-hydrogen) atoms. The average molecular weight is 250 g/mol. The van der Waals surface area contributed by atoms with Crippen molar-refractivity contribution in [2.45, 2.75) is 39.3 Å². The fraction of sp³-hybridized carbons (Fsp3) is 0.500. The van der Waals surface area contributed by atoms with E-state index in [1.165, 1.54) is 0 Å². The number of carbonyl (C=O) groups excluding carboxylic acids is 1. The van der Waals surface area contributed by atoms with E-state index in [2.05, 4.69) is 5.32 Å². The molecule has 100 valence electrons. The van der Waals surface area contributed by atoms with E-state index in [4.69, 9.17) is 10.5 Å². The van der Waals surface area contributed by atoms with E-state index in [1.807, 2.05) is 52.0 Å². The second-order valence-electron chi connectivity index (χ2n) is 5.32. The van der Waals surface area contributed by atoms with Gasteiger partial charge in [0.15, 0.2) is 0 Å². The maximum atomic E-state index is 11.7. The number of para-hydroxylation sites is 1. The van der Waals surface area contributed by atoms with Crippen molar-refractivity contribution in [2.75, 3.05) is 12.3 Å². The lowest BCUT2D eigenvalue weighted by Gasteiger charge is -2.21. The summed E-state index contributed by atoms with van der Waals surface area (Å²) in [4.78, 5) is 11.7. The Morgan fingerprint density at radius 2 is 2.00 bits per heavy atom. The molecule has 0 aliphatic carbocycles. The minimum Gasteiger partial charge on any atom is -0.398 e. The third-order valence-corrected chi connectivity index (χ3v) is 2.48. The van der Waals surface area contributed by atoms with E-state index in [9.17, 15) is 4.79 Å². The summed E-state index contributed by atoms with van der Waals surface area (Å²) in [5.74, 6) is -0.138. The SMILES string of the molecule is CC(NC(=O)COC(C)(C)C)c1ccccc1N. The van der Waals surface area contributed by atoms with Gasteiger partial charge in [0.05, 0.1) is 11.6 Å². The fourth-order valence-electron chi connectivity index (χ4n) is 1.55. The lowest BCUT2D eigenvalue weighted by atomic mass is 10.1. The molecule has 1 aromatic carbocycles. The summed E-state index contributed by atoms with van der Waals surface area (Å²) in [6, 6.07) is 7.38. The lowest BCUT2D eigenvalue weighted by molar-refractivity contribution is -0.131. The highest BCUT2D eigenvalue weighted by molar-refractivity contribution is 5.78. The Morgan fingerprint density at radius 3 is 2.56 bits per heavy atom. The van der Waals surface area contributed by atoms with Crippen molar-refractivity contribution in [3.05, 3.63) is 29.8 Å². The largest absolute Gasteiger partial charge is 0.398 e. The monoisotopic (exact) mass is 250 g/mol. The van der Waals surface area contributed by atoms with Crippen molar-refractivity contribution >= 4 is 11.6 Å². The first kappa shape index (κ1) is 14.5. The number of benzene rings is 1. The third-order valence-electron chi connectivity index (χ3n) is 2.48. The smallest absolute Gasteiger partial charge is 0.246 e. The van der Waals surface area contributed by atoms with E-state index in [0.29, 0.717) is 5.69 Å². The zero-order valence-electron chi connectivity index (χ0n) is 11.5.